The molecule has 0 amide bonds. The molecule has 0 aromatic carbocycles. The second-order valence-electron chi connectivity index (χ2n) is 6.36. The lowest BCUT2D eigenvalue weighted by Gasteiger charge is -2.29. The van der Waals surface area contributed by atoms with E-state index in [2.05, 4.69) is 21.0 Å². The molecule has 0 fully saturated rings. The Hall–Kier alpha value is -0.0200. The Labute approximate surface area is 137 Å². The summed E-state index contributed by atoms with van der Waals surface area (Å²) in [6.45, 7) is 5.39. The van der Waals surface area contributed by atoms with Gasteiger partial charge in [-0.3, -0.25) is 4.48 Å². The van der Waals surface area contributed by atoms with E-state index < -0.39 is 0 Å². The number of halogens is 1. The summed E-state index contributed by atoms with van der Waals surface area (Å²) in [4.78, 5) is 0. The van der Waals surface area contributed by atoms with Gasteiger partial charge in [-0.25, -0.2) is 0 Å². The number of hydrogen-bond donors (Lipinski definition) is 1. The summed E-state index contributed by atoms with van der Waals surface area (Å²) in [5.74, 6) is 0. The van der Waals surface area contributed by atoms with Crippen LogP contribution in [0.15, 0.2) is 12.0 Å². The molecular formula is C17H36BrNO. The van der Waals surface area contributed by atoms with E-state index >= 15 is 0 Å². The Bertz CT molecular complexity index is 239. The van der Waals surface area contributed by atoms with Crippen molar-refractivity contribution in [2.24, 2.45) is 0 Å². The summed E-state index contributed by atoms with van der Waals surface area (Å²) >= 11 is 0. The van der Waals surface area contributed by atoms with Crippen LogP contribution in [0.2, 0.25) is 0 Å². The van der Waals surface area contributed by atoms with Gasteiger partial charge in [0, 0.05) is 6.92 Å². The summed E-state index contributed by atoms with van der Waals surface area (Å²) in [7, 11) is 4.32. The molecule has 0 rings (SSSR count). The van der Waals surface area contributed by atoms with Crippen molar-refractivity contribution in [2.75, 3.05) is 20.6 Å². The van der Waals surface area contributed by atoms with E-state index in [1.807, 2.05) is 6.92 Å². The van der Waals surface area contributed by atoms with Crippen LogP contribution in [0, 0.1) is 0 Å². The molecule has 0 atom stereocenters. The second kappa shape index (κ2) is 13.9. The van der Waals surface area contributed by atoms with Gasteiger partial charge in [0.2, 0.25) is 0 Å². The molecular weight excluding hydrogens is 314 g/mol. The first-order valence-electron chi connectivity index (χ1n) is 8.19. The predicted molar refractivity (Wildman–Crippen MR) is 85.2 cm³/mol. The van der Waals surface area contributed by atoms with Crippen LogP contribution in [0.4, 0.5) is 0 Å². The topological polar surface area (TPSA) is 20.2 Å². The van der Waals surface area contributed by atoms with Gasteiger partial charge in [-0.1, -0.05) is 58.3 Å². The predicted octanol–water partition coefficient (Wildman–Crippen LogP) is 2.41. The van der Waals surface area contributed by atoms with Gasteiger partial charge in [0.15, 0.2) is 0 Å². The maximum atomic E-state index is 9.05. The molecule has 1 N–H and O–H groups in total. The highest BCUT2D eigenvalue weighted by Gasteiger charge is 2.17. The quantitative estimate of drug-likeness (QED) is 0.326. The van der Waals surface area contributed by atoms with E-state index in [1.54, 1.807) is 0 Å². The number of aliphatic hydroxyl groups is 1. The highest BCUT2D eigenvalue weighted by atomic mass is 79.9. The van der Waals surface area contributed by atoms with Crippen molar-refractivity contribution >= 4 is 0 Å². The van der Waals surface area contributed by atoms with Gasteiger partial charge < -0.3 is 22.1 Å². The van der Waals surface area contributed by atoms with Crippen LogP contribution in [0.3, 0.4) is 0 Å². The molecule has 0 saturated heterocycles. The zero-order valence-corrected chi connectivity index (χ0v) is 15.7. The molecule has 0 heterocycles. The SMILES string of the molecule is CCCCCCCCCCCC[N+](C)(C)/C(C)=C/O.[Br-]. The van der Waals surface area contributed by atoms with Crippen LogP contribution in [-0.2, 0) is 0 Å². The minimum Gasteiger partial charge on any atom is -1.00 e. The number of nitrogens with zero attached hydrogens (tertiary/aromatic N) is 1. The van der Waals surface area contributed by atoms with Gasteiger partial charge in [-0.05, 0) is 12.8 Å². The zero-order chi connectivity index (χ0) is 14.6. The van der Waals surface area contributed by atoms with Crippen LogP contribution in [0.25, 0.3) is 0 Å². The Morgan fingerprint density at radius 2 is 1.25 bits per heavy atom. The first-order chi connectivity index (χ1) is 9.04. The lowest BCUT2D eigenvalue weighted by Crippen LogP contribution is -3.00. The lowest BCUT2D eigenvalue weighted by atomic mass is 10.1. The normalized spacial score (nSPS) is 12.3. The number of allylic oxidation sites excluding steroid dienone is 1. The van der Waals surface area contributed by atoms with Crippen molar-refractivity contribution in [1.82, 2.24) is 0 Å². The maximum absolute atomic E-state index is 9.05. The van der Waals surface area contributed by atoms with Crippen molar-refractivity contribution in [3.63, 3.8) is 0 Å². The molecule has 3 heteroatoms. The van der Waals surface area contributed by atoms with E-state index in [4.69, 9.17) is 5.11 Å². The summed E-state index contributed by atoms with van der Waals surface area (Å²) in [5, 5.41) is 9.05. The minimum atomic E-state index is 0. The largest absolute Gasteiger partial charge is 1.00 e. The highest BCUT2D eigenvalue weighted by molar-refractivity contribution is 4.79. The van der Waals surface area contributed by atoms with E-state index in [1.165, 1.54) is 70.5 Å². The van der Waals surface area contributed by atoms with Gasteiger partial charge in [-0.2, -0.15) is 0 Å². The highest BCUT2D eigenvalue weighted by Crippen LogP contribution is 2.14. The number of hydrogen-bond acceptors (Lipinski definition) is 1. The van der Waals surface area contributed by atoms with Crippen molar-refractivity contribution in [3.05, 3.63) is 12.0 Å². The molecule has 0 aromatic rings. The van der Waals surface area contributed by atoms with E-state index in [0.717, 1.165) is 16.7 Å². The Kier molecular flexibility index (Phi) is 15.5. The Morgan fingerprint density at radius 3 is 1.65 bits per heavy atom. The minimum absolute atomic E-state index is 0. The summed E-state index contributed by atoms with van der Waals surface area (Å²) in [5.41, 5.74) is 1.04. The third-order valence-corrected chi connectivity index (χ3v) is 4.21. The van der Waals surface area contributed by atoms with Crippen molar-refractivity contribution < 1.29 is 26.6 Å². The van der Waals surface area contributed by atoms with Crippen LogP contribution in [0.1, 0.15) is 78.1 Å². The van der Waals surface area contributed by atoms with Crippen molar-refractivity contribution in [1.29, 1.82) is 0 Å². The number of quaternary nitrogens is 1. The van der Waals surface area contributed by atoms with E-state index in [-0.39, 0.29) is 17.0 Å². The molecule has 0 spiro atoms. The van der Waals surface area contributed by atoms with Crippen molar-refractivity contribution in [2.45, 2.75) is 78.1 Å². The molecule has 2 nitrogen and oxygen atoms in total. The molecule has 0 aliphatic heterocycles. The monoisotopic (exact) mass is 349 g/mol. The summed E-state index contributed by atoms with van der Waals surface area (Å²) in [6, 6.07) is 0. The maximum Gasteiger partial charge on any atom is 0.140 e. The Balaban J connectivity index is 0. The fourth-order valence-corrected chi connectivity index (χ4v) is 2.33. The average Bonchev–Trinajstić information content (AvgIpc) is 2.39. The van der Waals surface area contributed by atoms with Gasteiger partial charge in [0.1, 0.15) is 12.0 Å². The number of rotatable bonds is 12. The van der Waals surface area contributed by atoms with Crippen LogP contribution < -0.4 is 17.0 Å². The first-order valence-corrected chi connectivity index (χ1v) is 8.19. The molecule has 0 saturated carbocycles. The average molecular weight is 350 g/mol. The fourth-order valence-electron chi connectivity index (χ4n) is 2.33. The molecule has 0 aromatic heterocycles. The standard InChI is InChI=1S/C17H35NO.BrH/c1-5-6-7-8-9-10-11-12-13-14-15-18(3,4)17(2)16-19;/h16H,5-15H2,1-4H3;1H/b17-16+;. The smallest absolute Gasteiger partial charge is 0.140 e. The fraction of sp³-hybridized carbons (Fsp3) is 0.882. The van der Waals surface area contributed by atoms with Crippen molar-refractivity contribution in [3.8, 4) is 0 Å². The van der Waals surface area contributed by atoms with E-state index in [0.29, 0.717) is 0 Å². The van der Waals surface area contributed by atoms with Gasteiger partial charge in [-0.15, -0.1) is 0 Å². The van der Waals surface area contributed by atoms with Crippen LogP contribution >= 0.6 is 0 Å². The molecule has 0 bridgehead atoms. The molecule has 20 heavy (non-hydrogen) atoms. The third-order valence-electron chi connectivity index (χ3n) is 4.21. The zero-order valence-electron chi connectivity index (χ0n) is 14.1. The van der Waals surface area contributed by atoms with Gasteiger partial charge in [0.25, 0.3) is 0 Å². The number of unbranched alkanes of at least 4 members (excludes halogenated alkanes) is 9. The molecule has 0 unspecified atom stereocenters. The van der Waals surface area contributed by atoms with Gasteiger partial charge >= 0.3 is 0 Å². The number of aliphatic hydroxyl groups excluding tert-OH is 1. The first kappa shape index (κ1) is 22.3. The van der Waals surface area contributed by atoms with Crippen LogP contribution in [-0.4, -0.2) is 30.2 Å². The van der Waals surface area contributed by atoms with Crippen LogP contribution in [0.5, 0.6) is 0 Å². The molecule has 122 valence electrons. The molecule has 0 aliphatic carbocycles. The molecule has 0 radical (unpaired) electrons. The summed E-state index contributed by atoms with van der Waals surface area (Å²) < 4.78 is 0.813. The van der Waals surface area contributed by atoms with Gasteiger partial charge in [0.05, 0.1) is 20.6 Å². The summed E-state index contributed by atoms with van der Waals surface area (Å²) in [6.07, 6.45) is 15.0. The molecule has 0 aliphatic rings. The van der Waals surface area contributed by atoms with E-state index in [9.17, 15) is 0 Å². The second-order valence-corrected chi connectivity index (χ2v) is 6.36. The Morgan fingerprint density at radius 1 is 0.850 bits per heavy atom. The third kappa shape index (κ3) is 11.8. The lowest BCUT2D eigenvalue weighted by molar-refractivity contribution is -0.853.